The molecule has 0 fully saturated rings. The second-order valence-electron chi connectivity index (χ2n) is 5.93. The van der Waals surface area contributed by atoms with Crippen LogP contribution in [0.2, 0.25) is 0 Å². The maximum Gasteiger partial charge on any atom is 2.00 e. The van der Waals surface area contributed by atoms with E-state index in [1.807, 2.05) is 12.1 Å². The van der Waals surface area contributed by atoms with E-state index in [0.29, 0.717) is 0 Å². The first kappa shape index (κ1) is 32.0. The van der Waals surface area contributed by atoms with E-state index in [-0.39, 0.29) is 66.6 Å². The molecule has 12 heteroatoms. The first-order chi connectivity index (χ1) is 13.9. The Morgan fingerprint density at radius 2 is 0.879 bits per heavy atom. The molecule has 0 amide bonds. The summed E-state index contributed by atoms with van der Waals surface area (Å²) in [7, 11) is 0. The van der Waals surface area contributed by atoms with Crippen molar-refractivity contribution < 1.29 is 79.6 Å². The van der Waals surface area contributed by atoms with Gasteiger partial charge >= 0.3 is 56.9 Å². The summed E-state index contributed by atoms with van der Waals surface area (Å²) < 4.78 is 0. The molecule has 0 aliphatic carbocycles. The molecule has 0 atom stereocenters. The quantitative estimate of drug-likeness (QED) is 0.250. The molecule has 0 bridgehead atoms. The van der Waals surface area contributed by atoms with E-state index in [2.05, 4.69) is 34.2 Å². The van der Waals surface area contributed by atoms with Crippen LogP contribution in [0.3, 0.4) is 0 Å². The average molecular weight is 557 g/mol. The van der Waals surface area contributed by atoms with Crippen molar-refractivity contribution in [3.63, 3.8) is 0 Å². The number of carboxylic acid groups (broad SMARTS) is 3. The number of hydrogen-bond donors (Lipinski definition) is 3. The van der Waals surface area contributed by atoms with E-state index in [1.165, 1.54) is 0 Å². The van der Waals surface area contributed by atoms with Gasteiger partial charge in [0, 0.05) is 23.2 Å². The number of fused-ring (bicyclic) bond motifs is 3. The summed E-state index contributed by atoms with van der Waals surface area (Å²) in [6.45, 7) is 0. The Kier molecular flexibility index (Phi) is 13.7. The van der Waals surface area contributed by atoms with Gasteiger partial charge < -0.3 is 26.3 Å². The molecule has 0 radical (unpaired) electrons. The molecule has 160 valence electrons. The number of pyridine rings is 2. The second kappa shape index (κ2) is 14.1. The van der Waals surface area contributed by atoms with Crippen LogP contribution in [0.4, 0.5) is 0 Å². The van der Waals surface area contributed by atoms with Crippen LogP contribution in [-0.4, -0.2) is 54.1 Å². The van der Waals surface area contributed by atoms with E-state index in [9.17, 15) is 14.4 Å². The summed E-state index contributed by atoms with van der Waals surface area (Å²) >= 11 is 0. The zero-order valence-electron chi connectivity index (χ0n) is 17.2. The summed E-state index contributed by atoms with van der Waals surface area (Å²) in [5.41, 5.74) is 0.850. The standard InChI is InChI=1S/C12H8N2.C9H6O6.2H2O.2Zn/c1-3-9-5-6-10-4-2-8-14-12(10)11(9)13-7-1;10-7(11)4-1-5(8(12)13)3-6(2-4)9(14)15;;;;/h1-8H;1-3H,(H,10,11)(H,12,13)(H,14,15);2*1H2;;/q;;;;2*+2. The first-order valence-electron chi connectivity index (χ1n) is 8.30. The summed E-state index contributed by atoms with van der Waals surface area (Å²) in [6.07, 6.45) is 3.60. The molecule has 4 rings (SSSR count). The van der Waals surface area contributed by atoms with Gasteiger partial charge in [0.25, 0.3) is 0 Å². The number of nitrogens with zero attached hydrogens (tertiary/aromatic N) is 2. The van der Waals surface area contributed by atoms with E-state index in [0.717, 1.165) is 40.0 Å². The van der Waals surface area contributed by atoms with Gasteiger partial charge in [0.2, 0.25) is 0 Å². The van der Waals surface area contributed by atoms with Crippen molar-refractivity contribution in [3.05, 3.63) is 83.7 Å². The van der Waals surface area contributed by atoms with Crippen molar-refractivity contribution in [2.75, 3.05) is 0 Å². The number of hydrogen-bond acceptors (Lipinski definition) is 5. The Bertz CT molecular complexity index is 1130. The molecule has 0 saturated carbocycles. The SMILES string of the molecule is O.O.O=C(O)c1cc(C(=O)O)cc(C(=O)O)c1.[Zn+2].[Zn+2].c1cnc2c(c1)ccc1cccnc12. The number of carbonyl (C=O) groups is 3. The van der Waals surface area contributed by atoms with Crippen LogP contribution < -0.4 is 0 Å². The van der Waals surface area contributed by atoms with Gasteiger partial charge in [0.05, 0.1) is 27.7 Å². The van der Waals surface area contributed by atoms with E-state index < -0.39 is 17.9 Å². The molecule has 0 spiro atoms. The molecule has 0 aliphatic heterocycles. The second-order valence-corrected chi connectivity index (χ2v) is 5.93. The monoisotopic (exact) mass is 554 g/mol. The largest absolute Gasteiger partial charge is 2.00 e. The van der Waals surface area contributed by atoms with Gasteiger partial charge in [-0.3, -0.25) is 9.97 Å². The van der Waals surface area contributed by atoms with Crippen LogP contribution in [-0.2, 0) is 39.0 Å². The molecule has 7 N–H and O–H groups in total. The average Bonchev–Trinajstić information content (AvgIpc) is 2.73. The molecule has 33 heavy (non-hydrogen) atoms. The first-order valence-corrected chi connectivity index (χ1v) is 8.30. The Hall–Kier alpha value is -3.16. The Morgan fingerprint density at radius 1 is 0.576 bits per heavy atom. The predicted octanol–water partition coefficient (Wildman–Crippen LogP) is 1.91. The van der Waals surface area contributed by atoms with Crippen molar-refractivity contribution >= 4 is 39.7 Å². The van der Waals surface area contributed by atoms with Gasteiger partial charge in [-0.15, -0.1) is 0 Å². The maximum atomic E-state index is 10.6. The third-order valence-corrected chi connectivity index (χ3v) is 4.02. The predicted molar refractivity (Wildman–Crippen MR) is 112 cm³/mol. The van der Waals surface area contributed by atoms with E-state index >= 15 is 0 Å². The molecule has 0 aliphatic rings. The minimum Gasteiger partial charge on any atom is -0.478 e. The molecule has 2 aromatic heterocycles. The summed E-state index contributed by atoms with van der Waals surface area (Å²) in [5, 5.41) is 28.1. The topological polar surface area (TPSA) is 201 Å². The van der Waals surface area contributed by atoms with E-state index in [4.69, 9.17) is 15.3 Å². The fraction of sp³-hybridized carbons (Fsp3) is 0. The van der Waals surface area contributed by atoms with Gasteiger partial charge in [0.15, 0.2) is 0 Å². The third-order valence-electron chi connectivity index (χ3n) is 4.02. The van der Waals surface area contributed by atoms with Crippen LogP contribution in [0.25, 0.3) is 21.8 Å². The molecule has 0 unspecified atom stereocenters. The zero-order chi connectivity index (χ0) is 21.0. The number of aromatic nitrogens is 2. The van der Waals surface area contributed by atoms with Crippen molar-refractivity contribution in [3.8, 4) is 0 Å². The fourth-order valence-electron chi connectivity index (χ4n) is 2.68. The van der Waals surface area contributed by atoms with Crippen molar-refractivity contribution in [2.45, 2.75) is 0 Å². The minimum atomic E-state index is -1.37. The van der Waals surface area contributed by atoms with Crippen LogP contribution in [0.5, 0.6) is 0 Å². The van der Waals surface area contributed by atoms with Crippen LogP contribution in [0.1, 0.15) is 31.1 Å². The summed E-state index contributed by atoms with van der Waals surface area (Å²) in [6, 6.07) is 14.8. The van der Waals surface area contributed by atoms with Crippen molar-refractivity contribution in [1.82, 2.24) is 9.97 Å². The van der Waals surface area contributed by atoms with Gasteiger partial charge in [-0.25, -0.2) is 14.4 Å². The normalized spacial score (nSPS) is 8.97. The molecule has 4 aromatic rings. The van der Waals surface area contributed by atoms with Crippen molar-refractivity contribution in [1.29, 1.82) is 0 Å². The van der Waals surface area contributed by atoms with Gasteiger partial charge in [0.1, 0.15) is 0 Å². The number of benzene rings is 2. The van der Waals surface area contributed by atoms with Crippen LogP contribution >= 0.6 is 0 Å². The number of aromatic carboxylic acids is 3. The summed E-state index contributed by atoms with van der Waals surface area (Å²) in [4.78, 5) is 40.4. The van der Waals surface area contributed by atoms with Gasteiger partial charge in [-0.1, -0.05) is 24.3 Å². The maximum absolute atomic E-state index is 10.6. The molecule has 2 aromatic carbocycles. The molecule has 2 heterocycles. The third kappa shape index (κ3) is 7.73. The minimum absolute atomic E-state index is 0. The molecular formula is C21H18N2O8Zn2+4. The Morgan fingerprint density at radius 3 is 1.15 bits per heavy atom. The smallest absolute Gasteiger partial charge is 0.478 e. The number of rotatable bonds is 3. The zero-order valence-corrected chi connectivity index (χ0v) is 23.2. The van der Waals surface area contributed by atoms with Gasteiger partial charge in [-0.2, -0.15) is 0 Å². The van der Waals surface area contributed by atoms with Gasteiger partial charge in [-0.05, 0) is 30.3 Å². The van der Waals surface area contributed by atoms with E-state index in [1.54, 1.807) is 12.4 Å². The fourth-order valence-corrected chi connectivity index (χ4v) is 2.68. The molecule has 0 saturated heterocycles. The van der Waals surface area contributed by atoms with Crippen LogP contribution in [0, 0.1) is 0 Å². The molecular weight excluding hydrogens is 539 g/mol. The van der Waals surface area contributed by atoms with Crippen molar-refractivity contribution in [2.24, 2.45) is 0 Å². The molecule has 10 nitrogen and oxygen atoms in total. The number of carboxylic acids is 3. The van der Waals surface area contributed by atoms with Crippen LogP contribution in [0.15, 0.2) is 67.0 Å². The Balaban J connectivity index is 0. The summed E-state index contributed by atoms with van der Waals surface area (Å²) in [5.74, 6) is -4.12. The Labute approximate surface area is 212 Å².